The number of ether oxygens (including phenoxy) is 1. The lowest BCUT2D eigenvalue weighted by Crippen LogP contribution is -2.42. The number of anilines is 1. The number of nitrogens with zero attached hydrogens (tertiary/aromatic N) is 4. The summed E-state index contributed by atoms with van der Waals surface area (Å²) in [6, 6.07) is 12.2. The zero-order valence-electron chi connectivity index (χ0n) is 20.3. The van der Waals surface area contributed by atoms with E-state index in [9.17, 15) is 14.9 Å². The molecule has 1 aromatic heterocycles. The van der Waals surface area contributed by atoms with Gasteiger partial charge in [-0.25, -0.2) is 0 Å². The van der Waals surface area contributed by atoms with Crippen molar-refractivity contribution in [1.29, 1.82) is 5.26 Å². The Hall–Kier alpha value is -3.18. The van der Waals surface area contributed by atoms with Crippen molar-refractivity contribution in [2.24, 2.45) is 11.8 Å². The van der Waals surface area contributed by atoms with Gasteiger partial charge in [-0.1, -0.05) is 62.4 Å². The van der Waals surface area contributed by atoms with Crippen LogP contribution >= 0.6 is 0 Å². The predicted molar refractivity (Wildman–Crippen MR) is 132 cm³/mol. The Kier molecular flexibility index (Phi) is 8.90. The second-order valence-corrected chi connectivity index (χ2v) is 9.63. The Morgan fingerprint density at radius 1 is 1.14 bits per heavy atom. The maximum Gasteiger partial charge on any atom is 0.229 e. The van der Waals surface area contributed by atoms with Gasteiger partial charge >= 0.3 is 0 Å². The number of rotatable bonds is 9. The Balaban J connectivity index is 1.43. The number of benzene rings is 1. The first-order valence-electron chi connectivity index (χ1n) is 12.8. The molecule has 4 rings (SSSR count). The molecule has 0 spiro atoms. The minimum Gasteiger partial charge on any atom is -0.378 e. The highest BCUT2D eigenvalue weighted by Crippen LogP contribution is 2.31. The molecular formula is C27H35N5O3. The summed E-state index contributed by atoms with van der Waals surface area (Å²) in [5.74, 6) is 0.0727. The van der Waals surface area contributed by atoms with Crippen LogP contribution in [-0.4, -0.2) is 52.8 Å². The van der Waals surface area contributed by atoms with Crippen LogP contribution in [0.5, 0.6) is 0 Å². The summed E-state index contributed by atoms with van der Waals surface area (Å²) >= 11 is 0. The molecule has 1 atom stereocenters. The molecule has 186 valence electrons. The van der Waals surface area contributed by atoms with Crippen LogP contribution < -0.4 is 5.32 Å². The van der Waals surface area contributed by atoms with E-state index in [-0.39, 0.29) is 24.1 Å². The van der Waals surface area contributed by atoms with Crippen molar-refractivity contribution >= 4 is 17.6 Å². The largest absolute Gasteiger partial charge is 0.378 e. The Morgan fingerprint density at radius 3 is 2.60 bits per heavy atom. The van der Waals surface area contributed by atoms with Crippen molar-refractivity contribution in [3.63, 3.8) is 0 Å². The third kappa shape index (κ3) is 7.15. The van der Waals surface area contributed by atoms with Crippen molar-refractivity contribution in [2.45, 2.75) is 57.9 Å². The highest BCUT2D eigenvalue weighted by Gasteiger charge is 2.30. The van der Waals surface area contributed by atoms with E-state index in [4.69, 9.17) is 4.74 Å². The molecule has 2 fully saturated rings. The van der Waals surface area contributed by atoms with Crippen LogP contribution in [0.2, 0.25) is 0 Å². The molecule has 35 heavy (non-hydrogen) atoms. The summed E-state index contributed by atoms with van der Waals surface area (Å²) in [6.45, 7) is 2.83. The Labute approximate surface area is 207 Å². The van der Waals surface area contributed by atoms with Gasteiger partial charge in [0.15, 0.2) is 5.82 Å². The molecule has 1 saturated heterocycles. The molecular weight excluding hydrogens is 442 g/mol. The summed E-state index contributed by atoms with van der Waals surface area (Å²) in [7, 11) is 0. The van der Waals surface area contributed by atoms with Crippen LogP contribution in [-0.2, 0) is 27.3 Å². The molecule has 1 aliphatic heterocycles. The van der Waals surface area contributed by atoms with E-state index < -0.39 is 5.92 Å². The highest BCUT2D eigenvalue weighted by molar-refractivity contribution is 5.95. The zero-order chi connectivity index (χ0) is 24.5. The number of morpholine rings is 1. The van der Waals surface area contributed by atoms with E-state index in [1.54, 1.807) is 15.8 Å². The lowest BCUT2D eigenvalue weighted by atomic mass is 9.81. The summed E-state index contributed by atoms with van der Waals surface area (Å²) in [5.41, 5.74) is 1.52. The molecule has 2 aliphatic rings. The summed E-state index contributed by atoms with van der Waals surface area (Å²) in [6.07, 6.45) is 9.14. The molecule has 1 aliphatic carbocycles. The quantitative estimate of drug-likeness (QED) is 0.593. The lowest BCUT2D eigenvalue weighted by molar-refractivity contribution is -0.138. The van der Waals surface area contributed by atoms with Crippen LogP contribution in [0.4, 0.5) is 5.82 Å². The van der Waals surface area contributed by atoms with Gasteiger partial charge < -0.3 is 15.0 Å². The monoisotopic (exact) mass is 477 g/mol. The first-order valence-corrected chi connectivity index (χ1v) is 12.8. The molecule has 8 heteroatoms. The second kappa shape index (κ2) is 12.5. The summed E-state index contributed by atoms with van der Waals surface area (Å²) in [5, 5.41) is 17.0. The van der Waals surface area contributed by atoms with E-state index in [1.807, 2.05) is 18.2 Å². The fourth-order valence-corrected chi connectivity index (χ4v) is 5.08. The van der Waals surface area contributed by atoms with Crippen LogP contribution in [0.25, 0.3) is 0 Å². The number of aryl methyl sites for hydroxylation is 2. The van der Waals surface area contributed by atoms with Crippen LogP contribution in [0, 0.1) is 23.2 Å². The van der Waals surface area contributed by atoms with E-state index in [0.29, 0.717) is 50.8 Å². The van der Waals surface area contributed by atoms with Gasteiger partial charge in [0.1, 0.15) is 11.6 Å². The Morgan fingerprint density at radius 2 is 1.89 bits per heavy atom. The van der Waals surface area contributed by atoms with Crippen LogP contribution in [0.15, 0.2) is 36.5 Å². The summed E-state index contributed by atoms with van der Waals surface area (Å²) < 4.78 is 7.07. The molecule has 2 aromatic rings. The van der Waals surface area contributed by atoms with Gasteiger partial charge in [0.05, 0.1) is 13.2 Å². The van der Waals surface area contributed by atoms with Crippen LogP contribution in [0.3, 0.4) is 0 Å². The molecule has 0 radical (unpaired) electrons. The number of hydrogen-bond donors (Lipinski definition) is 1. The molecule has 8 nitrogen and oxygen atoms in total. The molecule has 1 unspecified atom stereocenters. The maximum atomic E-state index is 13.4. The number of carbonyl (C=O) groups is 2. The minimum absolute atomic E-state index is 0.00171. The van der Waals surface area contributed by atoms with Gasteiger partial charge in [-0.05, 0) is 24.3 Å². The number of hydrogen-bond acceptors (Lipinski definition) is 5. The molecule has 2 heterocycles. The Bertz CT molecular complexity index is 1020. The average molecular weight is 478 g/mol. The smallest absolute Gasteiger partial charge is 0.229 e. The van der Waals surface area contributed by atoms with Crippen molar-refractivity contribution in [1.82, 2.24) is 14.7 Å². The van der Waals surface area contributed by atoms with Gasteiger partial charge in [0, 0.05) is 38.2 Å². The number of amides is 2. The molecule has 1 aromatic carbocycles. The van der Waals surface area contributed by atoms with Crippen molar-refractivity contribution in [3.8, 4) is 6.07 Å². The van der Waals surface area contributed by atoms with Crippen molar-refractivity contribution < 1.29 is 14.3 Å². The number of carbonyl (C=O) groups excluding carboxylic acids is 2. The van der Waals surface area contributed by atoms with Gasteiger partial charge in [-0.2, -0.15) is 10.4 Å². The van der Waals surface area contributed by atoms with E-state index in [2.05, 4.69) is 28.6 Å². The zero-order valence-corrected chi connectivity index (χ0v) is 20.3. The van der Waals surface area contributed by atoms with Crippen molar-refractivity contribution in [2.75, 3.05) is 31.6 Å². The molecule has 1 N–H and O–H groups in total. The van der Waals surface area contributed by atoms with Gasteiger partial charge in [0.25, 0.3) is 0 Å². The maximum absolute atomic E-state index is 13.4. The topological polar surface area (TPSA) is 100 Å². The van der Waals surface area contributed by atoms with E-state index in [1.165, 1.54) is 24.8 Å². The van der Waals surface area contributed by atoms with Gasteiger partial charge in [-0.3, -0.25) is 14.3 Å². The van der Waals surface area contributed by atoms with Gasteiger partial charge in [0.2, 0.25) is 11.8 Å². The number of aromatic nitrogens is 2. The van der Waals surface area contributed by atoms with E-state index in [0.717, 1.165) is 19.3 Å². The first-order chi connectivity index (χ1) is 17.1. The SMILES string of the molecule is N#Cc1cn(CCc2ccccc2)nc1NC(=O)C(CC(=O)N1CCOCC1)CC1CCCCC1. The molecule has 1 saturated carbocycles. The first kappa shape index (κ1) is 24.9. The normalized spacial score (nSPS) is 17.5. The standard InChI is InChI=1S/C27H35N5O3/c28-19-24-20-32(12-11-21-7-3-1-4-8-21)30-26(24)29-27(34)23(17-22-9-5-2-6-10-22)18-25(33)31-13-15-35-16-14-31/h1,3-4,7-8,20,22-23H,2,5-6,9-18H2,(H,29,30,34). The average Bonchev–Trinajstić information content (AvgIpc) is 3.30. The lowest BCUT2D eigenvalue weighted by Gasteiger charge is -2.30. The summed E-state index contributed by atoms with van der Waals surface area (Å²) in [4.78, 5) is 28.2. The third-order valence-corrected chi connectivity index (χ3v) is 7.09. The molecule has 0 bridgehead atoms. The van der Waals surface area contributed by atoms with E-state index >= 15 is 0 Å². The van der Waals surface area contributed by atoms with Crippen molar-refractivity contribution in [3.05, 3.63) is 47.7 Å². The predicted octanol–water partition coefficient (Wildman–Crippen LogP) is 3.77. The highest BCUT2D eigenvalue weighted by atomic mass is 16.5. The minimum atomic E-state index is -0.436. The third-order valence-electron chi connectivity index (χ3n) is 7.09. The fraction of sp³-hybridized carbons (Fsp3) is 0.556. The molecule has 2 amide bonds. The van der Waals surface area contributed by atoms with Crippen LogP contribution in [0.1, 0.15) is 56.1 Å². The number of nitrogens with one attached hydrogen (secondary N) is 1. The fourth-order valence-electron chi connectivity index (χ4n) is 5.08. The number of nitriles is 1. The van der Waals surface area contributed by atoms with Gasteiger partial charge in [-0.15, -0.1) is 0 Å². The second-order valence-electron chi connectivity index (χ2n) is 9.63.